The lowest BCUT2D eigenvalue weighted by Gasteiger charge is -2.10. The monoisotopic (exact) mass is 282 g/mol. The van der Waals surface area contributed by atoms with Crippen LogP contribution in [0.5, 0.6) is 0 Å². The number of aryl methyl sites for hydroxylation is 2. The fraction of sp³-hybridized carbons (Fsp3) is 0.316. The molecule has 1 atom stereocenters. The first-order valence-corrected chi connectivity index (χ1v) is 7.51. The van der Waals surface area contributed by atoms with Crippen LogP contribution in [0, 0.1) is 0 Å². The molecule has 0 heterocycles. The molecule has 0 saturated heterocycles. The number of aliphatic hydroxyl groups excluding tert-OH is 1. The molecule has 0 bridgehead atoms. The Kier molecular flexibility index (Phi) is 6.17. The number of benzene rings is 2. The number of rotatable bonds is 8. The molecular weight excluding hydrogens is 260 g/mol. The second kappa shape index (κ2) is 8.38. The third-order valence-corrected chi connectivity index (χ3v) is 3.61. The first-order chi connectivity index (χ1) is 10.2. The van der Waals surface area contributed by atoms with Gasteiger partial charge in [-0.3, -0.25) is 4.79 Å². The van der Waals surface area contributed by atoms with E-state index in [-0.39, 0.29) is 12.2 Å². The number of ketones is 1. The van der Waals surface area contributed by atoms with E-state index in [0.29, 0.717) is 12.8 Å². The summed E-state index contributed by atoms with van der Waals surface area (Å²) in [4.78, 5) is 11.9. The van der Waals surface area contributed by atoms with Gasteiger partial charge in [0.1, 0.15) is 5.78 Å². The average molecular weight is 282 g/mol. The van der Waals surface area contributed by atoms with Crippen molar-refractivity contribution < 1.29 is 9.90 Å². The van der Waals surface area contributed by atoms with E-state index in [4.69, 9.17) is 0 Å². The molecule has 21 heavy (non-hydrogen) atoms. The minimum atomic E-state index is -0.534. The Morgan fingerprint density at radius 1 is 0.857 bits per heavy atom. The van der Waals surface area contributed by atoms with Crippen LogP contribution in [-0.2, 0) is 17.6 Å². The number of carbonyl (C=O) groups excluding carboxylic acids is 1. The minimum Gasteiger partial charge on any atom is -0.393 e. The van der Waals surface area contributed by atoms with Crippen molar-refractivity contribution in [1.29, 1.82) is 0 Å². The molecule has 0 amide bonds. The van der Waals surface area contributed by atoms with E-state index in [1.807, 2.05) is 60.7 Å². The van der Waals surface area contributed by atoms with Crippen molar-refractivity contribution in [3.05, 3.63) is 71.8 Å². The van der Waals surface area contributed by atoms with E-state index in [1.165, 1.54) is 11.1 Å². The van der Waals surface area contributed by atoms with Crippen LogP contribution in [-0.4, -0.2) is 17.0 Å². The lowest BCUT2D eigenvalue weighted by atomic mass is 10.0. The quantitative estimate of drug-likeness (QED) is 0.803. The number of carbonyl (C=O) groups is 1. The summed E-state index contributed by atoms with van der Waals surface area (Å²) >= 11 is 0. The van der Waals surface area contributed by atoms with E-state index >= 15 is 0 Å². The molecule has 0 saturated carbocycles. The Labute approximate surface area is 126 Å². The van der Waals surface area contributed by atoms with Gasteiger partial charge in [-0.15, -0.1) is 0 Å². The molecule has 1 unspecified atom stereocenters. The third-order valence-electron chi connectivity index (χ3n) is 3.61. The highest BCUT2D eigenvalue weighted by atomic mass is 16.3. The summed E-state index contributed by atoms with van der Waals surface area (Å²) in [6, 6.07) is 20.0. The summed E-state index contributed by atoms with van der Waals surface area (Å²) < 4.78 is 0. The molecule has 0 aliphatic heterocycles. The lowest BCUT2D eigenvalue weighted by molar-refractivity contribution is -0.120. The average Bonchev–Trinajstić information content (AvgIpc) is 2.53. The molecule has 0 spiro atoms. The topological polar surface area (TPSA) is 37.3 Å². The Morgan fingerprint density at radius 2 is 1.38 bits per heavy atom. The first kappa shape index (κ1) is 15.5. The predicted molar refractivity (Wildman–Crippen MR) is 85.2 cm³/mol. The summed E-state index contributed by atoms with van der Waals surface area (Å²) in [5.41, 5.74) is 2.37. The standard InChI is InChI=1S/C19H22O2/c20-18(13-11-16-7-3-1-4-8-16)15-19(21)14-12-17-9-5-2-6-10-17/h1-10,18,20H,11-15H2. The van der Waals surface area contributed by atoms with Crippen molar-refractivity contribution in [2.75, 3.05) is 0 Å². The number of Topliss-reactive ketones (excluding diaryl/α,β-unsaturated/α-hetero) is 1. The van der Waals surface area contributed by atoms with Crippen LogP contribution in [0.3, 0.4) is 0 Å². The predicted octanol–water partition coefficient (Wildman–Crippen LogP) is 3.57. The van der Waals surface area contributed by atoms with Crippen molar-refractivity contribution in [1.82, 2.24) is 0 Å². The number of hydrogen-bond donors (Lipinski definition) is 1. The molecule has 0 aliphatic rings. The molecule has 2 nitrogen and oxygen atoms in total. The Balaban J connectivity index is 1.67. The van der Waals surface area contributed by atoms with Gasteiger partial charge >= 0.3 is 0 Å². The second-order valence-electron chi connectivity index (χ2n) is 5.41. The summed E-state index contributed by atoms with van der Waals surface area (Å²) in [6.07, 6.45) is 2.44. The summed E-state index contributed by atoms with van der Waals surface area (Å²) in [5, 5.41) is 9.96. The summed E-state index contributed by atoms with van der Waals surface area (Å²) in [5.74, 6) is 0.138. The first-order valence-electron chi connectivity index (χ1n) is 7.51. The van der Waals surface area contributed by atoms with Gasteiger partial charge in [-0.1, -0.05) is 60.7 Å². The van der Waals surface area contributed by atoms with Crippen LogP contribution in [0.15, 0.2) is 60.7 Å². The van der Waals surface area contributed by atoms with E-state index in [9.17, 15) is 9.90 Å². The molecule has 2 rings (SSSR count). The normalized spacial score (nSPS) is 12.0. The van der Waals surface area contributed by atoms with Crippen molar-refractivity contribution in [2.45, 2.75) is 38.2 Å². The van der Waals surface area contributed by atoms with Crippen LogP contribution in [0.2, 0.25) is 0 Å². The second-order valence-corrected chi connectivity index (χ2v) is 5.41. The van der Waals surface area contributed by atoms with Crippen LogP contribution >= 0.6 is 0 Å². The highest BCUT2D eigenvalue weighted by Gasteiger charge is 2.11. The maximum Gasteiger partial charge on any atom is 0.135 e. The zero-order valence-corrected chi connectivity index (χ0v) is 12.2. The smallest absolute Gasteiger partial charge is 0.135 e. The Bertz CT molecular complexity index is 534. The fourth-order valence-corrected chi connectivity index (χ4v) is 2.37. The number of aliphatic hydroxyl groups is 1. The zero-order chi connectivity index (χ0) is 14.9. The molecule has 0 aromatic heterocycles. The Hall–Kier alpha value is -1.93. The number of hydrogen-bond acceptors (Lipinski definition) is 2. The molecule has 0 radical (unpaired) electrons. The van der Waals surface area contributed by atoms with E-state index < -0.39 is 6.10 Å². The van der Waals surface area contributed by atoms with Gasteiger partial charge in [-0.2, -0.15) is 0 Å². The van der Waals surface area contributed by atoms with E-state index in [0.717, 1.165) is 12.8 Å². The SMILES string of the molecule is O=C(CCc1ccccc1)CC(O)CCc1ccccc1. The summed E-state index contributed by atoms with van der Waals surface area (Å²) in [6.45, 7) is 0. The molecule has 0 fully saturated rings. The lowest BCUT2D eigenvalue weighted by Crippen LogP contribution is -2.14. The molecular formula is C19H22O2. The third kappa shape index (κ3) is 5.92. The minimum absolute atomic E-state index is 0.138. The van der Waals surface area contributed by atoms with Crippen molar-refractivity contribution >= 4 is 5.78 Å². The largest absolute Gasteiger partial charge is 0.393 e. The molecule has 1 N–H and O–H groups in total. The van der Waals surface area contributed by atoms with Gasteiger partial charge in [0, 0.05) is 12.8 Å². The Morgan fingerprint density at radius 3 is 1.95 bits per heavy atom. The maximum atomic E-state index is 11.9. The molecule has 110 valence electrons. The van der Waals surface area contributed by atoms with Crippen LogP contribution < -0.4 is 0 Å². The van der Waals surface area contributed by atoms with Crippen LogP contribution in [0.1, 0.15) is 30.4 Å². The van der Waals surface area contributed by atoms with Gasteiger partial charge in [0.2, 0.25) is 0 Å². The highest BCUT2D eigenvalue weighted by Crippen LogP contribution is 2.10. The molecule has 0 aliphatic carbocycles. The summed E-state index contributed by atoms with van der Waals surface area (Å²) in [7, 11) is 0. The van der Waals surface area contributed by atoms with E-state index in [1.54, 1.807) is 0 Å². The molecule has 2 heteroatoms. The van der Waals surface area contributed by atoms with Crippen molar-refractivity contribution in [3.63, 3.8) is 0 Å². The van der Waals surface area contributed by atoms with Crippen molar-refractivity contribution in [2.24, 2.45) is 0 Å². The van der Waals surface area contributed by atoms with E-state index in [2.05, 4.69) is 0 Å². The van der Waals surface area contributed by atoms with Crippen molar-refractivity contribution in [3.8, 4) is 0 Å². The van der Waals surface area contributed by atoms with Gasteiger partial charge < -0.3 is 5.11 Å². The van der Waals surface area contributed by atoms with Crippen LogP contribution in [0.25, 0.3) is 0 Å². The molecule has 2 aromatic rings. The van der Waals surface area contributed by atoms with Gasteiger partial charge in [0.25, 0.3) is 0 Å². The van der Waals surface area contributed by atoms with Gasteiger partial charge in [-0.05, 0) is 30.4 Å². The fourth-order valence-electron chi connectivity index (χ4n) is 2.37. The van der Waals surface area contributed by atoms with Crippen LogP contribution in [0.4, 0.5) is 0 Å². The van der Waals surface area contributed by atoms with Gasteiger partial charge in [0.15, 0.2) is 0 Å². The maximum absolute atomic E-state index is 11.9. The highest BCUT2D eigenvalue weighted by molar-refractivity contribution is 5.79. The molecule has 2 aromatic carbocycles. The van der Waals surface area contributed by atoms with Gasteiger partial charge in [0.05, 0.1) is 6.10 Å². The zero-order valence-electron chi connectivity index (χ0n) is 12.2. The van der Waals surface area contributed by atoms with Gasteiger partial charge in [-0.25, -0.2) is 0 Å².